The average molecular weight is 607 g/mol. The quantitative estimate of drug-likeness (QED) is 0.299. The lowest BCUT2D eigenvalue weighted by atomic mass is 10.1. The molecule has 0 bridgehead atoms. The number of nitrogens with zero attached hydrogens (tertiary/aromatic N) is 2. The molecule has 0 aromatic heterocycles. The van der Waals surface area contributed by atoms with Crippen molar-refractivity contribution in [3.05, 3.63) is 88.4 Å². The summed E-state index contributed by atoms with van der Waals surface area (Å²) >= 11 is 12.5. The molecule has 0 aliphatic carbocycles. The van der Waals surface area contributed by atoms with E-state index in [1.165, 1.54) is 36.3 Å². The zero-order chi connectivity index (χ0) is 29.4. The van der Waals surface area contributed by atoms with Gasteiger partial charge in [-0.1, -0.05) is 61.3 Å². The van der Waals surface area contributed by atoms with Gasteiger partial charge in [0.05, 0.1) is 17.7 Å². The molecular formula is C29H33Cl2N3O5S. The first-order valence-electron chi connectivity index (χ1n) is 12.7. The SMILES string of the molecule is COc1ccc(S(=O)(=O)N(CC(=O)N(Cc2ccc(Cl)cc2Cl)[C@@H](C)C(=O)NCC(C)C)c2ccccc2)cc1. The van der Waals surface area contributed by atoms with Crippen molar-refractivity contribution in [2.75, 3.05) is 24.5 Å². The monoisotopic (exact) mass is 605 g/mol. The molecule has 3 aromatic carbocycles. The third kappa shape index (κ3) is 7.90. The van der Waals surface area contributed by atoms with E-state index in [1.807, 2.05) is 13.8 Å². The molecule has 0 aliphatic rings. The molecule has 0 aliphatic heterocycles. The Bertz CT molecular complexity index is 1420. The molecule has 1 N–H and O–H groups in total. The number of hydrogen-bond donors (Lipinski definition) is 1. The summed E-state index contributed by atoms with van der Waals surface area (Å²) in [6.45, 7) is 5.37. The topological polar surface area (TPSA) is 96.0 Å². The molecule has 0 unspecified atom stereocenters. The van der Waals surface area contributed by atoms with Crippen LogP contribution in [0, 0.1) is 5.92 Å². The van der Waals surface area contributed by atoms with Crippen molar-refractivity contribution < 1.29 is 22.7 Å². The molecule has 3 aromatic rings. The van der Waals surface area contributed by atoms with Crippen LogP contribution in [-0.2, 0) is 26.2 Å². The van der Waals surface area contributed by atoms with Gasteiger partial charge >= 0.3 is 0 Å². The summed E-state index contributed by atoms with van der Waals surface area (Å²) in [4.78, 5) is 28.3. The first-order chi connectivity index (χ1) is 18.9. The summed E-state index contributed by atoms with van der Waals surface area (Å²) in [5, 5.41) is 3.60. The van der Waals surface area contributed by atoms with E-state index < -0.39 is 28.5 Å². The van der Waals surface area contributed by atoms with Crippen molar-refractivity contribution in [3.63, 3.8) is 0 Å². The third-order valence-electron chi connectivity index (χ3n) is 6.18. The Kier molecular flexibility index (Phi) is 10.8. The van der Waals surface area contributed by atoms with E-state index in [-0.39, 0.29) is 23.3 Å². The van der Waals surface area contributed by atoms with Crippen molar-refractivity contribution in [2.24, 2.45) is 5.92 Å². The van der Waals surface area contributed by atoms with E-state index >= 15 is 0 Å². The molecule has 0 heterocycles. The van der Waals surface area contributed by atoms with Gasteiger partial charge in [-0.05, 0) is 66.9 Å². The van der Waals surface area contributed by atoms with Crippen LogP contribution in [0.25, 0.3) is 0 Å². The van der Waals surface area contributed by atoms with Gasteiger partial charge in [-0.2, -0.15) is 0 Å². The van der Waals surface area contributed by atoms with Crippen LogP contribution < -0.4 is 14.4 Å². The van der Waals surface area contributed by atoms with Gasteiger partial charge < -0.3 is 15.0 Å². The van der Waals surface area contributed by atoms with Crippen LogP contribution >= 0.6 is 23.2 Å². The lowest BCUT2D eigenvalue weighted by Crippen LogP contribution is -2.51. The van der Waals surface area contributed by atoms with Gasteiger partial charge in [0.2, 0.25) is 11.8 Å². The molecule has 3 rings (SSSR count). The van der Waals surface area contributed by atoms with Gasteiger partial charge in [-0.25, -0.2) is 8.42 Å². The van der Waals surface area contributed by atoms with E-state index in [1.54, 1.807) is 55.5 Å². The highest BCUT2D eigenvalue weighted by molar-refractivity contribution is 7.92. The maximum absolute atomic E-state index is 13.9. The van der Waals surface area contributed by atoms with Gasteiger partial charge in [0.25, 0.3) is 10.0 Å². The smallest absolute Gasteiger partial charge is 0.264 e. The predicted octanol–water partition coefficient (Wildman–Crippen LogP) is 5.39. The molecule has 1 atom stereocenters. The number of amides is 2. The van der Waals surface area contributed by atoms with Gasteiger partial charge in [-0.15, -0.1) is 0 Å². The zero-order valence-corrected chi connectivity index (χ0v) is 25.1. The number of ether oxygens (including phenoxy) is 1. The fourth-order valence-corrected chi connectivity index (χ4v) is 5.75. The highest BCUT2D eigenvalue weighted by atomic mass is 35.5. The molecule has 40 heavy (non-hydrogen) atoms. The number of carbonyl (C=O) groups excluding carboxylic acids is 2. The normalized spacial score (nSPS) is 12.1. The van der Waals surface area contributed by atoms with Crippen molar-refractivity contribution in [1.82, 2.24) is 10.2 Å². The van der Waals surface area contributed by atoms with E-state index in [4.69, 9.17) is 27.9 Å². The summed E-state index contributed by atoms with van der Waals surface area (Å²) in [5.74, 6) is -0.252. The number of benzene rings is 3. The number of halogens is 2. The fraction of sp³-hybridized carbons (Fsp3) is 0.310. The van der Waals surface area contributed by atoms with Gasteiger partial charge in [0, 0.05) is 23.1 Å². The molecule has 0 spiro atoms. The van der Waals surface area contributed by atoms with Gasteiger partial charge in [0.15, 0.2) is 0 Å². The summed E-state index contributed by atoms with van der Waals surface area (Å²) in [6, 6.07) is 18.2. The molecule has 0 saturated carbocycles. The Hall–Kier alpha value is -3.27. The molecule has 8 nitrogen and oxygen atoms in total. The van der Waals surface area contributed by atoms with Crippen LogP contribution in [0.1, 0.15) is 26.3 Å². The first kappa shape index (κ1) is 31.3. The number of anilines is 1. The maximum Gasteiger partial charge on any atom is 0.264 e. The van der Waals surface area contributed by atoms with Crippen LogP contribution in [0.3, 0.4) is 0 Å². The largest absolute Gasteiger partial charge is 0.497 e. The minimum Gasteiger partial charge on any atom is -0.497 e. The summed E-state index contributed by atoms with van der Waals surface area (Å²) in [7, 11) is -2.69. The third-order valence-corrected chi connectivity index (χ3v) is 8.55. The number of nitrogens with one attached hydrogen (secondary N) is 1. The number of methoxy groups -OCH3 is 1. The molecule has 0 saturated heterocycles. The molecule has 11 heteroatoms. The van der Waals surface area contributed by atoms with E-state index in [0.717, 1.165) is 4.31 Å². The highest BCUT2D eigenvalue weighted by Crippen LogP contribution is 2.27. The predicted molar refractivity (Wildman–Crippen MR) is 158 cm³/mol. The van der Waals surface area contributed by atoms with Crippen molar-refractivity contribution in [2.45, 2.75) is 38.3 Å². The summed E-state index contributed by atoms with van der Waals surface area (Å²) < 4.78 is 33.8. The molecular weight excluding hydrogens is 573 g/mol. The van der Waals surface area contributed by atoms with E-state index in [0.29, 0.717) is 33.6 Å². The van der Waals surface area contributed by atoms with Gasteiger partial charge in [-0.3, -0.25) is 13.9 Å². The standard InChI is InChI=1S/C29H33Cl2N3O5S/c1-20(2)17-32-29(36)21(3)33(18-22-10-11-23(30)16-27(22)31)28(35)19-34(24-8-6-5-7-9-24)40(37,38)26-14-12-25(39-4)13-15-26/h5-16,20-21H,17-19H2,1-4H3,(H,32,36)/t21-/m0/s1. The summed E-state index contributed by atoms with van der Waals surface area (Å²) in [5.41, 5.74) is 0.861. The maximum atomic E-state index is 13.9. The summed E-state index contributed by atoms with van der Waals surface area (Å²) in [6.07, 6.45) is 0. The second-order valence-electron chi connectivity index (χ2n) is 9.60. The number of carbonyl (C=O) groups is 2. The van der Waals surface area contributed by atoms with Gasteiger partial charge in [0.1, 0.15) is 18.3 Å². The Balaban J connectivity index is 2.01. The van der Waals surface area contributed by atoms with Crippen molar-refractivity contribution in [1.29, 1.82) is 0 Å². The first-order valence-corrected chi connectivity index (χ1v) is 14.9. The highest BCUT2D eigenvalue weighted by Gasteiger charge is 2.32. The Morgan fingerprint density at radius 2 is 1.60 bits per heavy atom. The average Bonchev–Trinajstić information content (AvgIpc) is 2.94. The van der Waals surface area contributed by atoms with Crippen LogP contribution in [0.4, 0.5) is 5.69 Å². The van der Waals surface area contributed by atoms with E-state index in [9.17, 15) is 18.0 Å². The van der Waals surface area contributed by atoms with Crippen LogP contribution in [0.15, 0.2) is 77.7 Å². The molecule has 2 amide bonds. The second kappa shape index (κ2) is 13.9. The van der Waals surface area contributed by atoms with E-state index in [2.05, 4.69) is 5.32 Å². The number of hydrogen-bond acceptors (Lipinski definition) is 5. The number of rotatable bonds is 12. The van der Waals surface area contributed by atoms with Crippen LogP contribution in [0.5, 0.6) is 5.75 Å². The Morgan fingerprint density at radius 1 is 0.950 bits per heavy atom. The zero-order valence-electron chi connectivity index (χ0n) is 22.8. The van der Waals surface area contributed by atoms with Crippen LogP contribution in [0.2, 0.25) is 10.0 Å². The Morgan fingerprint density at radius 3 is 2.17 bits per heavy atom. The second-order valence-corrected chi connectivity index (χ2v) is 12.3. The number of sulfonamides is 1. The fourth-order valence-electron chi connectivity index (χ4n) is 3.87. The minimum absolute atomic E-state index is 0.0139. The molecule has 0 radical (unpaired) electrons. The van der Waals surface area contributed by atoms with Crippen LogP contribution in [-0.4, -0.2) is 51.4 Å². The minimum atomic E-state index is -4.18. The Labute approximate surface area is 245 Å². The van der Waals surface area contributed by atoms with Crippen molar-refractivity contribution >= 4 is 50.7 Å². The van der Waals surface area contributed by atoms with Crippen molar-refractivity contribution in [3.8, 4) is 5.75 Å². The molecule has 214 valence electrons. The number of para-hydroxylation sites is 1. The lowest BCUT2D eigenvalue weighted by molar-refractivity contribution is -0.139. The lowest BCUT2D eigenvalue weighted by Gasteiger charge is -2.32. The molecule has 0 fully saturated rings.